The number of rotatable bonds is 5. The van der Waals surface area contributed by atoms with Crippen molar-refractivity contribution in [2.24, 2.45) is 0 Å². The maximum atomic E-state index is 12.9. The highest BCUT2D eigenvalue weighted by atomic mass is 19.1. The maximum Gasteiger partial charge on any atom is 0.142 e. The Labute approximate surface area is 159 Å². The quantitative estimate of drug-likeness (QED) is 0.752. The van der Waals surface area contributed by atoms with Crippen molar-refractivity contribution in [1.82, 2.24) is 4.90 Å². The summed E-state index contributed by atoms with van der Waals surface area (Å²) in [7, 11) is 0. The molecule has 142 valence electrons. The van der Waals surface area contributed by atoms with Crippen LogP contribution in [0.5, 0.6) is 11.5 Å². The largest absolute Gasteiger partial charge is 0.494 e. The van der Waals surface area contributed by atoms with E-state index in [0.717, 1.165) is 50.7 Å². The Morgan fingerprint density at radius 1 is 1.11 bits per heavy atom. The van der Waals surface area contributed by atoms with E-state index in [2.05, 4.69) is 28.0 Å². The molecule has 0 saturated carbocycles. The van der Waals surface area contributed by atoms with Crippen LogP contribution in [0.4, 0.5) is 10.1 Å². The van der Waals surface area contributed by atoms with Crippen LogP contribution >= 0.6 is 0 Å². The van der Waals surface area contributed by atoms with Crippen LogP contribution in [0.2, 0.25) is 0 Å². The van der Waals surface area contributed by atoms with E-state index in [1.807, 2.05) is 0 Å². The van der Waals surface area contributed by atoms with Crippen molar-refractivity contribution >= 4 is 5.69 Å². The van der Waals surface area contributed by atoms with Crippen LogP contribution < -0.4 is 14.4 Å². The highest BCUT2D eigenvalue weighted by Crippen LogP contribution is 2.50. The monoisotopic (exact) mass is 368 g/mol. The Morgan fingerprint density at radius 2 is 2.00 bits per heavy atom. The lowest BCUT2D eigenvalue weighted by atomic mass is 9.89. The van der Waals surface area contributed by atoms with Gasteiger partial charge in [0, 0.05) is 31.6 Å². The molecular formula is C22H25FN2O2. The molecule has 0 amide bonds. The number of piperidine rings is 1. The molecule has 3 aliphatic heterocycles. The smallest absolute Gasteiger partial charge is 0.142 e. The Kier molecular flexibility index (Phi) is 4.40. The molecule has 0 unspecified atom stereocenters. The third kappa shape index (κ3) is 3.14. The van der Waals surface area contributed by atoms with Crippen molar-refractivity contribution in [3.8, 4) is 11.5 Å². The number of fused-ring (bicyclic) bond motifs is 3. The minimum atomic E-state index is -0.228. The summed E-state index contributed by atoms with van der Waals surface area (Å²) in [6.07, 6.45) is 2.19. The number of halogens is 1. The van der Waals surface area contributed by atoms with Gasteiger partial charge >= 0.3 is 0 Å². The van der Waals surface area contributed by atoms with Gasteiger partial charge in [-0.2, -0.15) is 0 Å². The summed E-state index contributed by atoms with van der Waals surface area (Å²) in [6, 6.07) is 13.4. The molecule has 2 atom stereocenters. The molecule has 0 bridgehead atoms. The number of ether oxygens (including phenoxy) is 2. The van der Waals surface area contributed by atoms with Crippen molar-refractivity contribution in [3.63, 3.8) is 0 Å². The van der Waals surface area contributed by atoms with Gasteiger partial charge in [-0.3, -0.25) is 0 Å². The number of hydrogen-bond donors (Lipinski definition) is 0. The molecule has 1 fully saturated rings. The molecule has 0 spiro atoms. The van der Waals surface area contributed by atoms with Crippen molar-refractivity contribution in [2.75, 3.05) is 44.3 Å². The molecule has 3 aliphatic rings. The van der Waals surface area contributed by atoms with Crippen molar-refractivity contribution in [3.05, 3.63) is 53.8 Å². The Bertz CT molecular complexity index is 810. The standard InChI is InChI=1S/C22H25FN2O2/c23-16-5-7-17(8-6-16)26-13-2-10-24-11-9-20-19(15-24)18-3-1-4-21-22(18)25(20)12-14-27-21/h1,3-8,19-20H,2,9-15H2/t19-,20-/m1/s1. The van der Waals surface area contributed by atoms with E-state index < -0.39 is 0 Å². The number of para-hydroxylation sites is 1. The lowest BCUT2D eigenvalue weighted by Gasteiger charge is -2.40. The van der Waals surface area contributed by atoms with Crippen LogP contribution in [-0.4, -0.2) is 50.3 Å². The number of likely N-dealkylation sites (tertiary alicyclic amines) is 1. The molecule has 2 aromatic rings. The fourth-order valence-corrected chi connectivity index (χ4v) is 4.86. The van der Waals surface area contributed by atoms with Gasteiger partial charge in [0.15, 0.2) is 0 Å². The molecule has 0 N–H and O–H groups in total. The molecule has 0 aliphatic carbocycles. The van der Waals surface area contributed by atoms with Gasteiger partial charge in [-0.05, 0) is 48.7 Å². The zero-order chi connectivity index (χ0) is 18.2. The van der Waals surface area contributed by atoms with Crippen LogP contribution in [-0.2, 0) is 0 Å². The molecular weight excluding hydrogens is 343 g/mol. The molecule has 27 heavy (non-hydrogen) atoms. The Morgan fingerprint density at radius 3 is 2.89 bits per heavy atom. The summed E-state index contributed by atoms with van der Waals surface area (Å²) in [5, 5.41) is 0. The minimum absolute atomic E-state index is 0.228. The second kappa shape index (κ2) is 7.04. The molecule has 5 heteroatoms. The molecule has 4 nitrogen and oxygen atoms in total. The third-order valence-corrected chi connectivity index (χ3v) is 6.07. The predicted molar refractivity (Wildman–Crippen MR) is 103 cm³/mol. The minimum Gasteiger partial charge on any atom is -0.494 e. The van der Waals surface area contributed by atoms with E-state index in [-0.39, 0.29) is 5.82 Å². The number of hydrogen-bond acceptors (Lipinski definition) is 4. The first-order valence-corrected chi connectivity index (χ1v) is 9.93. The van der Waals surface area contributed by atoms with Gasteiger partial charge in [0.2, 0.25) is 0 Å². The zero-order valence-electron chi connectivity index (χ0n) is 15.4. The molecule has 5 rings (SSSR count). The lowest BCUT2D eigenvalue weighted by molar-refractivity contribution is 0.175. The lowest BCUT2D eigenvalue weighted by Crippen LogP contribution is -2.48. The summed E-state index contributed by atoms with van der Waals surface area (Å²) in [6.45, 7) is 5.75. The summed E-state index contributed by atoms with van der Waals surface area (Å²) in [4.78, 5) is 5.15. The molecule has 2 aromatic carbocycles. The third-order valence-electron chi connectivity index (χ3n) is 6.07. The topological polar surface area (TPSA) is 24.9 Å². The first kappa shape index (κ1) is 16.9. The number of benzene rings is 2. The Hall–Kier alpha value is -2.27. The number of nitrogens with zero attached hydrogens (tertiary/aromatic N) is 2. The predicted octanol–water partition coefficient (Wildman–Crippen LogP) is 3.67. The second-order valence-corrected chi connectivity index (χ2v) is 7.65. The first-order chi connectivity index (χ1) is 13.3. The van der Waals surface area contributed by atoms with Crippen LogP contribution in [0.3, 0.4) is 0 Å². The molecule has 0 aromatic heterocycles. The van der Waals surface area contributed by atoms with Gasteiger partial charge in [-0.1, -0.05) is 12.1 Å². The molecule has 3 heterocycles. The highest BCUT2D eigenvalue weighted by molar-refractivity contribution is 5.71. The zero-order valence-corrected chi connectivity index (χ0v) is 15.4. The van der Waals surface area contributed by atoms with Gasteiger partial charge in [0.05, 0.1) is 18.8 Å². The number of anilines is 1. The van der Waals surface area contributed by atoms with Crippen LogP contribution in [0.25, 0.3) is 0 Å². The molecule has 1 saturated heterocycles. The van der Waals surface area contributed by atoms with E-state index in [9.17, 15) is 4.39 Å². The fourth-order valence-electron chi connectivity index (χ4n) is 4.86. The van der Waals surface area contributed by atoms with E-state index >= 15 is 0 Å². The Balaban J connectivity index is 1.18. The highest BCUT2D eigenvalue weighted by Gasteiger charge is 2.44. The summed E-state index contributed by atoms with van der Waals surface area (Å²) < 4.78 is 24.6. The normalized spacial score (nSPS) is 23.5. The van der Waals surface area contributed by atoms with Crippen LogP contribution in [0, 0.1) is 5.82 Å². The van der Waals surface area contributed by atoms with E-state index in [1.54, 1.807) is 12.1 Å². The van der Waals surface area contributed by atoms with E-state index in [1.165, 1.54) is 29.8 Å². The average Bonchev–Trinajstić information content (AvgIpc) is 3.02. The van der Waals surface area contributed by atoms with Gasteiger partial charge in [0.1, 0.15) is 23.9 Å². The van der Waals surface area contributed by atoms with Gasteiger partial charge < -0.3 is 19.3 Å². The summed E-state index contributed by atoms with van der Waals surface area (Å²) >= 11 is 0. The van der Waals surface area contributed by atoms with Gasteiger partial charge in [-0.15, -0.1) is 0 Å². The van der Waals surface area contributed by atoms with E-state index in [0.29, 0.717) is 18.6 Å². The van der Waals surface area contributed by atoms with Crippen molar-refractivity contribution < 1.29 is 13.9 Å². The van der Waals surface area contributed by atoms with Crippen LogP contribution in [0.1, 0.15) is 24.3 Å². The van der Waals surface area contributed by atoms with E-state index in [4.69, 9.17) is 9.47 Å². The maximum absolute atomic E-state index is 12.9. The summed E-state index contributed by atoms with van der Waals surface area (Å²) in [5.74, 6) is 2.15. The van der Waals surface area contributed by atoms with Crippen LogP contribution in [0.15, 0.2) is 42.5 Å². The molecule has 0 radical (unpaired) electrons. The fraction of sp³-hybridized carbons (Fsp3) is 0.455. The second-order valence-electron chi connectivity index (χ2n) is 7.65. The first-order valence-electron chi connectivity index (χ1n) is 9.93. The summed E-state index contributed by atoms with van der Waals surface area (Å²) in [5.41, 5.74) is 2.81. The SMILES string of the molecule is Fc1ccc(OCCCN2CC[C@@H]3[C@H](C2)c2cccc4c2N3CCO4)cc1. The van der Waals surface area contributed by atoms with Crippen molar-refractivity contribution in [2.45, 2.75) is 24.8 Å². The average molecular weight is 368 g/mol. The van der Waals surface area contributed by atoms with Gasteiger partial charge in [-0.25, -0.2) is 4.39 Å². The van der Waals surface area contributed by atoms with Crippen molar-refractivity contribution in [1.29, 1.82) is 0 Å². The van der Waals surface area contributed by atoms with Gasteiger partial charge in [0.25, 0.3) is 0 Å².